The highest BCUT2D eigenvalue weighted by Crippen LogP contribution is 2.30. The van der Waals surface area contributed by atoms with E-state index in [2.05, 4.69) is 10.6 Å². The number of alkyl halides is 6. The topological polar surface area (TPSA) is 41.1 Å². The van der Waals surface area contributed by atoms with Crippen LogP contribution >= 0.6 is 0 Å². The number of carbonyl (C=O) groups excluding carboxylic acids is 1. The van der Waals surface area contributed by atoms with Crippen molar-refractivity contribution in [1.82, 2.24) is 10.6 Å². The zero-order valence-electron chi connectivity index (χ0n) is 13.2. The summed E-state index contributed by atoms with van der Waals surface area (Å²) in [5, 5.41) is 4.71. The lowest BCUT2D eigenvalue weighted by Gasteiger charge is -2.11. The molecule has 0 atom stereocenters. The van der Waals surface area contributed by atoms with Gasteiger partial charge in [0.2, 0.25) is 0 Å². The molecule has 140 valence electrons. The number of hydrogen-bond acceptors (Lipinski definition) is 1. The summed E-state index contributed by atoms with van der Waals surface area (Å²) in [6.07, 6.45) is -8.97. The van der Waals surface area contributed by atoms with Crippen LogP contribution in [0.1, 0.15) is 22.3 Å². The van der Waals surface area contributed by atoms with Gasteiger partial charge in [-0.1, -0.05) is 24.3 Å². The number of halogens is 6. The molecule has 26 heavy (non-hydrogen) atoms. The standard InChI is InChI=1S/C17H14F6N2O/c18-16(19,20)13-5-1-3-11(7-13)9-24-15(26)25-10-12-4-2-6-14(8-12)17(21,22)23/h1-8H,9-10H2,(H2,24,25,26). The van der Waals surface area contributed by atoms with Crippen molar-refractivity contribution in [3.8, 4) is 0 Å². The van der Waals surface area contributed by atoms with Crippen LogP contribution < -0.4 is 10.6 Å². The first-order chi connectivity index (χ1) is 12.1. The lowest BCUT2D eigenvalue weighted by atomic mass is 10.1. The van der Waals surface area contributed by atoms with Gasteiger partial charge in [-0.15, -0.1) is 0 Å². The van der Waals surface area contributed by atoms with E-state index in [1.807, 2.05) is 0 Å². The van der Waals surface area contributed by atoms with Crippen molar-refractivity contribution in [2.75, 3.05) is 0 Å². The number of carbonyl (C=O) groups is 1. The van der Waals surface area contributed by atoms with Crippen LogP contribution in [0.3, 0.4) is 0 Å². The third kappa shape index (κ3) is 5.68. The summed E-state index contributed by atoms with van der Waals surface area (Å²) >= 11 is 0. The Morgan fingerprint density at radius 3 is 1.46 bits per heavy atom. The van der Waals surface area contributed by atoms with E-state index < -0.39 is 29.5 Å². The Bertz CT molecular complexity index is 707. The van der Waals surface area contributed by atoms with E-state index in [0.29, 0.717) is 0 Å². The van der Waals surface area contributed by atoms with Crippen molar-refractivity contribution in [3.05, 3.63) is 70.8 Å². The molecule has 0 radical (unpaired) electrons. The molecule has 2 amide bonds. The molecule has 2 N–H and O–H groups in total. The fourth-order valence-corrected chi connectivity index (χ4v) is 2.14. The molecular weight excluding hydrogens is 362 g/mol. The van der Waals surface area contributed by atoms with Gasteiger partial charge in [0.1, 0.15) is 0 Å². The summed E-state index contributed by atoms with van der Waals surface area (Å²) in [6.45, 7) is -0.309. The lowest BCUT2D eigenvalue weighted by molar-refractivity contribution is -0.138. The minimum atomic E-state index is -4.48. The quantitative estimate of drug-likeness (QED) is 0.745. The van der Waals surface area contributed by atoms with Gasteiger partial charge in [-0.3, -0.25) is 0 Å². The van der Waals surface area contributed by atoms with Crippen molar-refractivity contribution in [2.45, 2.75) is 25.4 Å². The number of nitrogens with one attached hydrogen (secondary N) is 2. The van der Waals surface area contributed by atoms with Crippen LogP contribution in [0.15, 0.2) is 48.5 Å². The van der Waals surface area contributed by atoms with Crippen molar-refractivity contribution in [1.29, 1.82) is 0 Å². The average Bonchev–Trinajstić information content (AvgIpc) is 2.57. The van der Waals surface area contributed by atoms with Gasteiger partial charge < -0.3 is 10.6 Å². The highest BCUT2D eigenvalue weighted by molar-refractivity contribution is 5.73. The second kappa shape index (κ2) is 7.67. The van der Waals surface area contributed by atoms with Gasteiger partial charge in [-0.25, -0.2) is 4.79 Å². The van der Waals surface area contributed by atoms with Crippen molar-refractivity contribution in [2.24, 2.45) is 0 Å². The van der Waals surface area contributed by atoms with Gasteiger partial charge in [-0.2, -0.15) is 26.3 Å². The molecule has 0 spiro atoms. The van der Waals surface area contributed by atoms with E-state index >= 15 is 0 Å². The van der Waals surface area contributed by atoms with E-state index in [4.69, 9.17) is 0 Å². The summed E-state index contributed by atoms with van der Waals surface area (Å²) in [4.78, 5) is 11.7. The highest BCUT2D eigenvalue weighted by atomic mass is 19.4. The van der Waals surface area contributed by atoms with Crippen LogP contribution in [0.2, 0.25) is 0 Å². The maximum Gasteiger partial charge on any atom is 0.416 e. The number of amides is 2. The Morgan fingerprint density at radius 2 is 1.12 bits per heavy atom. The van der Waals surface area contributed by atoms with Crippen molar-refractivity contribution < 1.29 is 31.1 Å². The molecule has 0 aliphatic carbocycles. The summed E-state index contributed by atoms with van der Waals surface area (Å²) in [5.41, 5.74) is -1.18. The molecule has 0 aromatic heterocycles. The Hall–Kier alpha value is -2.71. The third-order valence-electron chi connectivity index (χ3n) is 3.41. The van der Waals surface area contributed by atoms with Crippen LogP contribution in [0.4, 0.5) is 31.1 Å². The van der Waals surface area contributed by atoms with E-state index in [1.165, 1.54) is 24.3 Å². The number of rotatable bonds is 4. The SMILES string of the molecule is O=C(NCc1cccc(C(F)(F)F)c1)NCc1cccc(C(F)(F)F)c1. The Balaban J connectivity index is 1.88. The van der Waals surface area contributed by atoms with Gasteiger partial charge in [0.25, 0.3) is 0 Å². The van der Waals surface area contributed by atoms with Crippen molar-refractivity contribution in [3.63, 3.8) is 0 Å². The molecule has 2 aromatic rings. The van der Waals surface area contributed by atoms with Gasteiger partial charge in [0, 0.05) is 13.1 Å². The van der Waals surface area contributed by atoms with Crippen LogP contribution in [0.25, 0.3) is 0 Å². The Kier molecular flexibility index (Phi) is 5.79. The van der Waals surface area contributed by atoms with Crippen LogP contribution in [0, 0.1) is 0 Å². The van der Waals surface area contributed by atoms with E-state index in [-0.39, 0.29) is 24.2 Å². The average molecular weight is 376 g/mol. The molecule has 2 aromatic carbocycles. The summed E-state index contributed by atoms with van der Waals surface area (Å²) in [7, 11) is 0. The fraction of sp³-hybridized carbons (Fsp3) is 0.235. The minimum absolute atomic E-state index is 0.154. The second-order valence-electron chi connectivity index (χ2n) is 5.43. The smallest absolute Gasteiger partial charge is 0.334 e. The molecule has 3 nitrogen and oxygen atoms in total. The molecule has 0 unspecified atom stereocenters. The fourth-order valence-electron chi connectivity index (χ4n) is 2.14. The molecule has 0 bridgehead atoms. The van der Waals surface area contributed by atoms with Gasteiger partial charge in [0.15, 0.2) is 0 Å². The summed E-state index contributed by atoms with van der Waals surface area (Å²) in [6, 6.07) is 8.22. The zero-order chi connectivity index (χ0) is 19.4. The summed E-state index contributed by atoms with van der Waals surface area (Å²) < 4.78 is 75.7. The molecular formula is C17H14F6N2O. The number of hydrogen-bond donors (Lipinski definition) is 2. The first-order valence-electron chi connectivity index (χ1n) is 7.39. The van der Waals surface area contributed by atoms with Crippen LogP contribution in [-0.2, 0) is 25.4 Å². The summed E-state index contributed by atoms with van der Waals surface area (Å²) in [5.74, 6) is 0. The van der Waals surface area contributed by atoms with E-state index in [0.717, 1.165) is 24.3 Å². The molecule has 9 heteroatoms. The molecule has 0 aliphatic heterocycles. The molecule has 0 fully saturated rings. The Labute approximate surface area is 145 Å². The van der Waals surface area contributed by atoms with E-state index in [9.17, 15) is 31.1 Å². The molecule has 2 rings (SSSR count). The van der Waals surface area contributed by atoms with Gasteiger partial charge >= 0.3 is 18.4 Å². The third-order valence-corrected chi connectivity index (χ3v) is 3.41. The van der Waals surface area contributed by atoms with Gasteiger partial charge in [-0.05, 0) is 35.4 Å². The highest BCUT2D eigenvalue weighted by Gasteiger charge is 2.31. The largest absolute Gasteiger partial charge is 0.416 e. The first kappa shape index (κ1) is 19.6. The molecule has 0 saturated carbocycles. The Morgan fingerprint density at radius 1 is 0.731 bits per heavy atom. The first-order valence-corrected chi connectivity index (χ1v) is 7.39. The normalized spacial score (nSPS) is 11.9. The predicted octanol–water partition coefficient (Wildman–Crippen LogP) is 4.72. The molecule has 0 aliphatic rings. The molecule has 0 saturated heterocycles. The monoisotopic (exact) mass is 376 g/mol. The number of benzene rings is 2. The second-order valence-corrected chi connectivity index (χ2v) is 5.43. The maximum atomic E-state index is 12.6. The maximum absolute atomic E-state index is 12.6. The predicted molar refractivity (Wildman–Crippen MR) is 82.0 cm³/mol. The van der Waals surface area contributed by atoms with Crippen LogP contribution in [-0.4, -0.2) is 6.03 Å². The van der Waals surface area contributed by atoms with Gasteiger partial charge in [0.05, 0.1) is 11.1 Å². The molecule has 0 heterocycles. The van der Waals surface area contributed by atoms with E-state index in [1.54, 1.807) is 0 Å². The van der Waals surface area contributed by atoms with Crippen molar-refractivity contribution >= 4 is 6.03 Å². The number of urea groups is 1. The lowest BCUT2D eigenvalue weighted by Crippen LogP contribution is -2.34. The minimum Gasteiger partial charge on any atom is -0.334 e. The van der Waals surface area contributed by atoms with Crippen LogP contribution in [0.5, 0.6) is 0 Å². The zero-order valence-corrected chi connectivity index (χ0v) is 13.2.